The molecule has 14 heavy (non-hydrogen) atoms. The Hall–Kier alpha value is -0.160. The standard InChI is InChI=1S/C10H23NO3/c1-3-8-14-10-6-11(4-7-12)5-9-13-2/h12H,3-10H2,1-2H3. The lowest BCUT2D eigenvalue weighted by atomic mass is 10.4. The molecule has 0 atom stereocenters. The van der Waals surface area contributed by atoms with Crippen molar-refractivity contribution >= 4 is 0 Å². The summed E-state index contributed by atoms with van der Waals surface area (Å²) in [5, 5.41) is 8.82. The van der Waals surface area contributed by atoms with E-state index >= 15 is 0 Å². The highest BCUT2D eigenvalue weighted by Gasteiger charge is 2.02. The minimum Gasteiger partial charge on any atom is -0.395 e. The van der Waals surface area contributed by atoms with Crippen LogP contribution >= 0.6 is 0 Å². The first-order valence-electron chi connectivity index (χ1n) is 5.25. The van der Waals surface area contributed by atoms with Crippen molar-refractivity contribution in [3.8, 4) is 0 Å². The number of hydrogen-bond donors (Lipinski definition) is 1. The van der Waals surface area contributed by atoms with Gasteiger partial charge in [0, 0.05) is 33.4 Å². The highest BCUT2D eigenvalue weighted by atomic mass is 16.5. The van der Waals surface area contributed by atoms with Gasteiger partial charge in [-0.05, 0) is 6.42 Å². The number of rotatable bonds is 10. The zero-order chi connectivity index (χ0) is 10.6. The van der Waals surface area contributed by atoms with E-state index in [9.17, 15) is 0 Å². The molecule has 1 N–H and O–H groups in total. The third kappa shape index (κ3) is 8.44. The second kappa shape index (κ2) is 10.9. The average Bonchev–Trinajstić information content (AvgIpc) is 2.20. The molecule has 0 radical (unpaired) electrons. The van der Waals surface area contributed by atoms with Crippen molar-refractivity contribution in [2.75, 3.05) is 53.2 Å². The Morgan fingerprint density at radius 2 is 1.79 bits per heavy atom. The van der Waals surface area contributed by atoms with Crippen LogP contribution in [0.4, 0.5) is 0 Å². The number of aliphatic hydroxyl groups is 1. The molecule has 86 valence electrons. The van der Waals surface area contributed by atoms with Gasteiger partial charge in [0.2, 0.25) is 0 Å². The molecule has 0 unspecified atom stereocenters. The van der Waals surface area contributed by atoms with Gasteiger partial charge in [-0.2, -0.15) is 0 Å². The molecule has 0 aliphatic heterocycles. The van der Waals surface area contributed by atoms with Gasteiger partial charge in [0.1, 0.15) is 0 Å². The summed E-state index contributed by atoms with van der Waals surface area (Å²) in [4.78, 5) is 2.14. The summed E-state index contributed by atoms with van der Waals surface area (Å²) >= 11 is 0. The first-order chi connectivity index (χ1) is 6.85. The molecule has 0 bridgehead atoms. The highest BCUT2D eigenvalue weighted by Crippen LogP contribution is 1.89. The van der Waals surface area contributed by atoms with Crippen LogP contribution in [0.25, 0.3) is 0 Å². The maximum atomic E-state index is 8.82. The maximum absolute atomic E-state index is 8.82. The number of nitrogens with zero attached hydrogens (tertiary/aromatic N) is 1. The number of ether oxygens (including phenoxy) is 2. The predicted molar refractivity (Wildman–Crippen MR) is 56.5 cm³/mol. The van der Waals surface area contributed by atoms with E-state index in [-0.39, 0.29) is 6.61 Å². The third-order valence-corrected chi connectivity index (χ3v) is 1.93. The second-order valence-electron chi connectivity index (χ2n) is 3.17. The molecule has 0 heterocycles. The van der Waals surface area contributed by atoms with Crippen molar-refractivity contribution in [1.29, 1.82) is 0 Å². The fourth-order valence-electron chi connectivity index (χ4n) is 1.14. The van der Waals surface area contributed by atoms with Crippen LogP contribution in [0.2, 0.25) is 0 Å². The third-order valence-electron chi connectivity index (χ3n) is 1.93. The molecule has 0 spiro atoms. The summed E-state index contributed by atoms with van der Waals surface area (Å²) < 4.78 is 10.4. The second-order valence-corrected chi connectivity index (χ2v) is 3.17. The molecule has 0 rings (SSSR count). The van der Waals surface area contributed by atoms with Gasteiger partial charge in [-0.3, -0.25) is 4.90 Å². The van der Waals surface area contributed by atoms with E-state index in [2.05, 4.69) is 11.8 Å². The average molecular weight is 205 g/mol. The molecular weight excluding hydrogens is 182 g/mol. The van der Waals surface area contributed by atoms with Crippen molar-refractivity contribution in [3.05, 3.63) is 0 Å². The van der Waals surface area contributed by atoms with Gasteiger partial charge in [0.25, 0.3) is 0 Å². The zero-order valence-corrected chi connectivity index (χ0v) is 9.37. The van der Waals surface area contributed by atoms with Crippen LogP contribution in [0.5, 0.6) is 0 Å². The lowest BCUT2D eigenvalue weighted by molar-refractivity contribution is 0.0799. The Bertz CT molecular complexity index is 112. The van der Waals surface area contributed by atoms with Gasteiger partial charge in [-0.25, -0.2) is 0 Å². The topological polar surface area (TPSA) is 41.9 Å². The van der Waals surface area contributed by atoms with E-state index < -0.39 is 0 Å². The Morgan fingerprint density at radius 3 is 2.36 bits per heavy atom. The van der Waals surface area contributed by atoms with E-state index in [0.717, 1.165) is 32.7 Å². The Morgan fingerprint density at radius 1 is 1.07 bits per heavy atom. The molecule has 0 aromatic carbocycles. The molecule has 4 nitrogen and oxygen atoms in total. The molecule has 0 aromatic heterocycles. The lowest BCUT2D eigenvalue weighted by Crippen LogP contribution is -2.33. The van der Waals surface area contributed by atoms with Crippen molar-refractivity contribution in [3.63, 3.8) is 0 Å². The quantitative estimate of drug-likeness (QED) is 0.523. The molecule has 0 aliphatic carbocycles. The normalized spacial score (nSPS) is 11.1. The number of aliphatic hydroxyl groups excluding tert-OH is 1. The van der Waals surface area contributed by atoms with Crippen LogP contribution in [0.1, 0.15) is 13.3 Å². The van der Waals surface area contributed by atoms with Crippen LogP contribution in [-0.2, 0) is 9.47 Å². The van der Waals surface area contributed by atoms with Crippen LogP contribution in [-0.4, -0.2) is 63.2 Å². The summed E-state index contributed by atoms with van der Waals surface area (Å²) in [6, 6.07) is 0. The van der Waals surface area contributed by atoms with E-state index in [1.165, 1.54) is 0 Å². The smallest absolute Gasteiger partial charge is 0.0593 e. The lowest BCUT2D eigenvalue weighted by Gasteiger charge is -2.20. The number of hydrogen-bond acceptors (Lipinski definition) is 4. The molecule has 0 aliphatic rings. The largest absolute Gasteiger partial charge is 0.395 e. The monoisotopic (exact) mass is 205 g/mol. The van der Waals surface area contributed by atoms with Crippen LogP contribution in [0.3, 0.4) is 0 Å². The molecule has 4 heteroatoms. The molecule has 0 saturated heterocycles. The first kappa shape index (κ1) is 13.8. The molecule has 0 amide bonds. The number of methoxy groups -OCH3 is 1. The fourth-order valence-corrected chi connectivity index (χ4v) is 1.14. The maximum Gasteiger partial charge on any atom is 0.0593 e. The van der Waals surface area contributed by atoms with Crippen molar-refractivity contribution in [2.24, 2.45) is 0 Å². The summed E-state index contributed by atoms with van der Waals surface area (Å²) in [6.45, 7) is 6.95. The molecular formula is C10H23NO3. The van der Waals surface area contributed by atoms with E-state index in [0.29, 0.717) is 13.2 Å². The van der Waals surface area contributed by atoms with Gasteiger partial charge >= 0.3 is 0 Å². The molecule has 0 saturated carbocycles. The van der Waals surface area contributed by atoms with Crippen molar-refractivity contribution in [1.82, 2.24) is 4.90 Å². The van der Waals surface area contributed by atoms with Crippen molar-refractivity contribution < 1.29 is 14.6 Å². The summed E-state index contributed by atoms with van der Waals surface area (Å²) in [5.74, 6) is 0. The zero-order valence-electron chi connectivity index (χ0n) is 9.37. The van der Waals surface area contributed by atoms with Crippen LogP contribution in [0.15, 0.2) is 0 Å². The summed E-state index contributed by atoms with van der Waals surface area (Å²) in [6.07, 6.45) is 1.05. The molecule has 0 fully saturated rings. The SMILES string of the molecule is CCCOCCN(CCO)CCOC. The molecule has 0 aromatic rings. The van der Waals surface area contributed by atoms with E-state index in [1.807, 2.05) is 0 Å². The van der Waals surface area contributed by atoms with Gasteiger partial charge in [0.05, 0.1) is 19.8 Å². The Labute approximate surface area is 86.8 Å². The van der Waals surface area contributed by atoms with Crippen LogP contribution in [0, 0.1) is 0 Å². The fraction of sp³-hybridized carbons (Fsp3) is 1.00. The highest BCUT2D eigenvalue weighted by molar-refractivity contribution is 4.55. The summed E-state index contributed by atoms with van der Waals surface area (Å²) in [7, 11) is 1.69. The minimum absolute atomic E-state index is 0.192. The summed E-state index contributed by atoms with van der Waals surface area (Å²) in [5.41, 5.74) is 0. The predicted octanol–water partition coefficient (Wildman–Crippen LogP) is 0.354. The van der Waals surface area contributed by atoms with Gasteiger partial charge in [-0.15, -0.1) is 0 Å². The van der Waals surface area contributed by atoms with E-state index in [1.54, 1.807) is 7.11 Å². The van der Waals surface area contributed by atoms with E-state index in [4.69, 9.17) is 14.6 Å². The first-order valence-corrected chi connectivity index (χ1v) is 5.25. The van der Waals surface area contributed by atoms with Crippen molar-refractivity contribution in [2.45, 2.75) is 13.3 Å². The Kier molecular flexibility index (Phi) is 10.8. The van der Waals surface area contributed by atoms with Gasteiger partial charge in [0.15, 0.2) is 0 Å². The minimum atomic E-state index is 0.192. The van der Waals surface area contributed by atoms with Crippen LogP contribution < -0.4 is 0 Å². The van der Waals surface area contributed by atoms with Gasteiger partial charge < -0.3 is 14.6 Å². The Balaban J connectivity index is 3.40. The van der Waals surface area contributed by atoms with Gasteiger partial charge in [-0.1, -0.05) is 6.92 Å².